The fraction of sp³-hybridized carbons (Fsp3) is 0.400. The lowest BCUT2D eigenvalue weighted by molar-refractivity contribution is -0.150. The number of alkyl carbamates (subject to hydrolysis) is 1. The normalized spacial score (nSPS) is 21.5. The number of carbonyl (C=O) groups is 4. The molecule has 1 saturated heterocycles. The topological polar surface area (TPSA) is 125 Å². The number of rotatable bonds is 5. The van der Waals surface area contributed by atoms with Crippen molar-refractivity contribution < 1.29 is 29.0 Å². The molecule has 0 radical (unpaired) electrons. The van der Waals surface area contributed by atoms with Gasteiger partial charge in [-0.25, -0.2) is 9.59 Å². The average molecular weight is 433 g/mol. The number of nitrogens with zero attached hydrogens (tertiary/aromatic N) is 1. The van der Waals surface area contributed by atoms with Gasteiger partial charge in [-0.2, -0.15) is 0 Å². The summed E-state index contributed by atoms with van der Waals surface area (Å²) < 4.78 is 5.25. The fourth-order valence-electron chi connectivity index (χ4n) is 3.15. The summed E-state index contributed by atoms with van der Waals surface area (Å²) in [4.78, 5) is 50.2. The van der Waals surface area contributed by atoms with E-state index in [0.717, 1.165) is 0 Å². The summed E-state index contributed by atoms with van der Waals surface area (Å²) >= 11 is 1.36. The number of amides is 3. The minimum absolute atomic E-state index is 0.0826. The maximum absolute atomic E-state index is 13.0. The molecule has 3 amide bonds. The zero-order valence-corrected chi connectivity index (χ0v) is 17.6. The molecule has 3 rings (SSSR count). The van der Waals surface area contributed by atoms with Crippen LogP contribution >= 0.6 is 11.8 Å². The third kappa shape index (κ3) is 4.59. The molecule has 30 heavy (non-hydrogen) atoms. The number of fused-ring (bicyclic) bond motifs is 1. The molecule has 0 spiro atoms. The van der Waals surface area contributed by atoms with Crippen molar-refractivity contribution in [2.45, 2.75) is 43.8 Å². The Morgan fingerprint density at radius 1 is 1.23 bits per heavy atom. The number of hydrogen-bond acceptors (Lipinski definition) is 6. The van der Waals surface area contributed by atoms with Crippen LogP contribution in [-0.2, 0) is 19.1 Å². The Bertz CT molecular complexity index is 896. The lowest BCUT2D eigenvalue weighted by atomic mass is 10.0. The van der Waals surface area contributed by atoms with Gasteiger partial charge in [0.15, 0.2) is 0 Å². The van der Waals surface area contributed by atoms with Crippen molar-refractivity contribution >= 4 is 35.6 Å². The monoisotopic (exact) mass is 433 g/mol. The second-order valence-electron chi connectivity index (χ2n) is 7.80. The van der Waals surface area contributed by atoms with Crippen molar-refractivity contribution in [1.82, 2.24) is 15.5 Å². The van der Waals surface area contributed by atoms with Gasteiger partial charge in [0.2, 0.25) is 5.91 Å². The van der Waals surface area contributed by atoms with Crippen LogP contribution in [0.5, 0.6) is 0 Å². The van der Waals surface area contributed by atoms with E-state index in [1.807, 2.05) is 0 Å². The van der Waals surface area contributed by atoms with Crippen molar-refractivity contribution in [1.29, 1.82) is 0 Å². The summed E-state index contributed by atoms with van der Waals surface area (Å²) in [6, 6.07) is 6.63. The summed E-state index contributed by atoms with van der Waals surface area (Å²) in [6.45, 7) is 5.12. The Kier molecular flexibility index (Phi) is 6.06. The SMILES string of the molecule is CC(C)(C)OC(=O)NC(C(=O)N[C@@H]1C(=O)N2C(C(=O)O)=CCS[C@@H]12)c1ccccc1. The van der Waals surface area contributed by atoms with Gasteiger partial charge in [0.25, 0.3) is 5.91 Å². The highest BCUT2D eigenvalue weighted by Crippen LogP contribution is 2.37. The van der Waals surface area contributed by atoms with Crippen LogP contribution in [0.2, 0.25) is 0 Å². The summed E-state index contributed by atoms with van der Waals surface area (Å²) in [7, 11) is 0. The second-order valence-corrected chi connectivity index (χ2v) is 8.95. The van der Waals surface area contributed by atoms with Gasteiger partial charge in [-0.1, -0.05) is 30.3 Å². The van der Waals surface area contributed by atoms with Crippen LogP contribution in [0.3, 0.4) is 0 Å². The predicted molar refractivity (Wildman–Crippen MR) is 109 cm³/mol. The van der Waals surface area contributed by atoms with Gasteiger partial charge < -0.3 is 20.5 Å². The molecule has 2 heterocycles. The van der Waals surface area contributed by atoms with Gasteiger partial charge in [-0.15, -0.1) is 11.8 Å². The molecule has 1 aromatic carbocycles. The molecular weight excluding hydrogens is 410 g/mol. The Balaban J connectivity index is 1.74. The van der Waals surface area contributed by atoms with E-state index >= 15 is 0 Å². The maximum atomic E-state index is 13.0. The number of carboxylic acids is 1. The van der Waals surface area contributed by atoms with E-state index < -0.39 is 46.9 Å². The number of nitrogens with one attached hydrogen (secondary N) is 2. The zero-order chi connectivity index (χ0) is 22.1. The van der Waals surface area contributed by atoms with Gasteiger partial charge in [0.1, 0.15) is 28.8 Å². The number of carboxylic acid groups (broad SMARTS) is 1. The van der Waals surface area contributed by atoms with Crippen LogP contribution in [0.1, 0.15) is 32.4 Å². The minimum Gasteiger partial charge on any atom is -0.477 e. The van der Waals surface area contributed by atoms with Crippen LogP contribution < -0.4 is 10.6 Å². The van der Waals surface area contributed by atoms with E-state index in [-0.39, 0.29) is 5.70 Å². The molecule has 2 aliphatic heterocycles. The van der Waals surface area contributed by atoms with E-state index in [2.05, 4.69) is 10.6 Å². The first-order chi connectivity index (χ1) is 14.1. The number of carbonyl (C=O) groups excluding carboxylic acids is 3. The molecule has 9 nitrogen and oxygen atoms in total. The molecule has 1 aromatic rings. The molecule has 0 saturated carbocycles. The number of ether oxygens (including phenoxy) is 1. The van der Waals surface area contributed by atoms with E-state index in [1.54, 1.807) is 51.1 Å². The first-order valence-electron chi connectivity index (χ1n) is 9.31. The first-order valence-corrected chi connectivity index (χ1v) is 10.4. The van der Waals surface area contributed by atoms with E-state index in [9.17, 15) is 24.3 Å². The number of benzene rings is 1. The summed E-state index contributed by atoms with van der Waals surface area (Å²) in [5, 5.41) is 13.9. The second kappa shape index (κ2) is 8.39. The van der Waals surface area contributed by atoms with E-state index in [0.29, 0.717) is 11.3 Å². The predicted octanol–water partition coefficient (Wildman–Crippen LogP) is 1.62. The van der Waals surface area contributed by atoms with Gasteiger partial charge in [0, 0.05) is 5.75 Å². The van der Waals surface area contributed by atoms with Gasteiger partial charge in [-0.3, -0.25) is 14.5 Å². The Morgan fingerprint density at radius 2 is 1.90 bits per heavy atom. The number of thioether (sulfide) groups is 1. The molecule has 3 N–H and O–H groups in total. The molecule has 0 aliphatic carbocycles. The van der Waals surface area contributed by atoms with Crippen LogP contribution in [-0.4, -0.2) is 56.7 Å². The zero-order valence-electron chi connectivity index (χ0n) is 16.7. The van der Waals surface area contributed by atoms with Gasteiger partial charge >= 0.3 is 12.1 Å². The molecule has 0 aromatic heterocycles. The fourth-order valence-corrected chi connectivity index (χ4v) is 4.34. The number of hydrogen-bond donors (Lipinski definition) is 3. The third-order valence-electron chi connectivity index (χ3n) is 4.42. The Hall–Kier alpha value is -3.01. The van der Waals surface area contributed by atoms with Crippen molar-refractivity contribution in [3.05, 3.63) is 47.7 Å². The lowest BCUT2D eigenvalue weighted by Gasteiger charge is -2.48. The van der Waals surface area contributed by atoms with Crippen molar-refractivity contribution in [3.8, 4) is 0 Å². The largest absolute Gasteiger partial charge is 0.477 e. The van der Waals surface area contributed by atoms with Crippen molar-refractivity contribution in [2.24, 2.45) is 0 Å². The van der Waals surface area contributed by atoms with Crippen LogP contribution in [0.15, 0.2) is 42.1 Å². The van der Waals surface area contributed by atoms with Gasteiger partial charge in [-0.05, 0) is 32.4 Å². The van der Waals surface area contributed by atoms with Crippen LogP contribution in [0.25, 0.3) is 0 Å². The van der Waals surface area contributed by atoms with Crippen molar-refractivity contribution in [3.63, 3.8) is 0 Å². The molecule has 0 bridgehead atoms. The Labute approximate surface area is 177 Å². The highest BCUT2D eigenvalue weighted by molar-refractivity contribution is 8.00. The Morgan fingerprint density at radius 3 is 2.50 bits per heavy atom. The number of β-lactam (4-membered cyclic amide) rings is 1. The average Bonchev–Trinajstić information content (AvgIpc) is 2.68. The number of aliphatic carboxylic acids is 1. The molecule has 10 heteroatoms. The third-order valence-corrected chi connectivity index (χ3v) is 5.60. The summed E-state index contributed by atoms with van der Waals surface area (Å²) in [5.74, 6) is -1.86. The molecule has 160 valence electrons. The lowest BCUT2D eigenvalue weighted by Crippen LogP contribution is -2.70. The van der Waals surface area contributed by atoms with Crippen LogP contribution in [0.4, 0.5) is 4.79 Å². The summed E-state index contributed by atoms with van der Waals surface area (Å²) in [5.41, 5.74) is -0.308. The maximum Gasteiger partial charge on any atom is 0.408 e. The highest BCUT2D eigenvalue weighted by Gasteiger charge is 2.53. The van der Waals surface area contributed by atoms with E-state index in [1.165, 1.54) is 22.7 Å². The van der Waals surface area contributed by atoms with E-state index in [4.69, 9.17) is 4.74 Å². The van der Waals surface area contributed by atoms with Gasteiger partial charge in [0.05, 0.1) is 0 Å². The molecule has 2 aliphatic rings. The standard InChI is InChI=1S/C20H23N3O6S/c1-20(2,3)29-19(28)22-13(11-7-5-4-6-8-11)15(24)21-14-16(25)23-12(18(26)27)9-10-30-17(14)23/h4-9,13-14,17H,10H2,1-3H3,(H,21,24)(H,22,28)(H,26,27)/t13?,14-,17+/m1/s1. The minimum atomic E-state index is -1.19. The quantitative estimate of drug-likeness (QED) is 0.603. The summed E-state index contributed by atoms with van der Waals surface area (Å²) in [6.07, 6.45) is 0.701. The smallest absolute Gasteiger partial charge is 0.408 e. The molecule has 1 unspecified atom stereocenters. The molecular formula is C20H23N3O6S. The van der Waals surface area contributed by atoms with Crippen molar-refractivity contribution in [2.75, 3.05) is 5.75 Å². The molecule has 3 atom stereocenters. The molecule has 1 fully saturated rings. The van der Waals surface area contributed by atoms with Crippen LogP contribution in [0, 0.1) is 0 Å². The first kappa shape index (κ1) is 21.7. The highest BCUT2D eigenvalue weighted by atomic mass is 32.2.